The van der Waals surface area contributed by atoms with Crippen LogP contribution < -0.4 is 10.1 Å². The van der Waals surface area contributed by atoms with Crippen molar-refractivity contribution in [1.29, 1.82) is 0 Å². The van der Waals surface area contributed by atoms with E-state index in [9.17, 15) is 4.79 Å². The first-order chi connectivity index (χ1) is 12.1. The SMILES string of the molecule is Cc1ccc(C)c(O[C@H](C)C(=O)N[C@@H](C)c2ccc(C(C)(C)C)cc2)c1. The van der Waals surface area contributed by atoms with Crippen LogP contribution in [0.3, 0.4) is 0 Å². The fraction of sp³-hybridized carbons (Fsp3) is 0.435. The molecule has 0 heterocycles. The summed E-state index contributed by atoms with van der Waals surface area (Å²) in [4.78, 5) is 12.5. The van der Waals surface area contributed by atoms with E-state index in [2.05, 4.69) is 50.4 Å². The number of hydrogen-bond acceptors (Lipinski definition) is 2. The van der Waals surface area contributed by atoms with Crippen molar-refractivity contribution >= 4 is 5.91 Å². The van der Waals surface area contributed by atoms with E-state index in [1.165, 1.54) is 5.56 Å². The Bertz CT molecular complexity index is 757. The number of rotatable bonds is 5. The molecule has 0 aliphatic heterocycles. The van der Waals surface area contributed by atoms with Crippen molar-refractivity contribution in [2.45, 2.75) is 66.0 Å². The molecule has 2 aromatic rings. The van der Waals surface area contributed by atoms with E-state index in [0.29, 0.717) is 0 Å². The molecule has 2 rings (SSSR count). The number of benzene rings is 2. The zero-order valence-corrected chi connectivity index (χ0v) is 17.0. The van der Waals surface area contributed by atoms with Crippen molar-refractivity contribution in [3.05, 3.63) is 64.7 Å². The lowest BCUT2D eigenvalue weighted by Gasteiger charge is -2.22. The zero-order valence-electron chi connectivity index (χ0n) is 17.0. The molecular weight excluding hydrogens is 322 g/mol. The van der Waals surface area contributed by atoms with Crippen LogP contribution in [0.1, 0.15) is 62.9 Å². The van der Waals surface area contributed by atoms with Crippen LogP contribution in [0.5, 0.6) is 5.75 Å². The van der Waals surface area contributed by atoms with Crippen molar-refractivity contribution in [1.82, 2.24) is 5.32 Å². The third-order valence-corrected chi connectivity index (χ3v) is 4.65. The molecule has 0 aliphatic carbocycles. The van der Waals surface area contributed by atoms with Crippen LogP contribution in [0.15, 0.2) is 42.5 Å². The summed E-state index contributed by atoms with van der Waals surface area (Å²) in [5, 5.41) is 3.04. The quantitative estimate of drug-likeness (QED) is 0.798. The lowest BCUT2D eigenvalue weighted by Crippen LogP contribution is -2.37. The molecule has 0 bridgehead atoms. The lowest BCUT2D eigenvalue weighted by molar-refractivity contribution is -0.127. The number of amides is 1. The summed E-state index contributed by atoms with van der Waals surface area (Å²) in [6.45, 7) is 14.4. The third-order valence-electron chi connectivity index (χ3n) is 4.65. The summed E-state index contributed by atoms with van der Waals surface area (Å²) in [7, 11) is 0. The Kier molecular flexibility index (Phi) is 6.12. The van der Waals surface area contributed by atoms with E-state index in [0.717, 1.165) is 22.4 Å². The Labute approximate surface area is 157 Å². The molecule has 0 fully saturated rings. The number of carbonyl (C=O) groups excluding carboxylic acids is 1. The predicted molar refractivity (Wildman–Crippen MR) is 108 cm³/mol. The van der Waals surface area contributed by atoms with Gasteiger partial charge in [-0.1, -0.05) is 57.2 Å². The average molecular weight is 354 g/mol. The molecule has 2 aromatic carbocycles. The van der Waals surface area contributed by atoms with Crippen molar-refractivity contribution in [3.63, 3.8) is 0 Å². The van der Waals surface area contributed by atoms with E-state index in [-0.39, 0.29) is 17.4 Å². The highest BCUT2D eigenvalue weighted by atomic mass is 16.5. The van der Waals surface area contributed by atoms with Crippen molar-refractivity contribution in [3.8, 4) is 5.75 Å². The number of carbonyl (C=O) groups is 1. The Balaban J connectivity index is 2.00. The van der Waals surface area contributed by atoms with Gasteiger partial charge in [0.1, 0.15) is 5.75 Å². The molecule has 1 N–H and O–H groups in total. The van der Waals surface area contributed by atoms with Crippen LogP contribution in [0.2, 0.25) is 0 Å². The Morgan fingerprint density at radius 3 is 2.19 bits per heavy atom. The number of nitrogens with one attached hydrogen (secondary N) is 1. The first-order valence-electron chi connectivity index (χ1n) is 9.22. The highest BCUT2D eigenvalue weighted by Crippen LogP contribution is 2.24. The van der Waals surface area contributed by atoms with Gasteiger partial charge in [-0.25, -0.2) is 0 Å². The van der Waals surface area contributed by atoms with Crippen LogP contribution in [0, 0.1) is 13.8 Å². The normalized spacial score (nSPS) is 13.8. The van der Waals surface area contributed by atoms with Gasteiger partial charge in [-0.2, -0.15) is 0 Å². The molecule has 2 atom stereocenters. The summed E-state index contributed by atoms with van der Waals surface area (Å²) in [6, 6.07) is 14.4. The van der Waals surface area contributed by atoms with Crippen molar-refractivity contribution in [2.75, 3.05) is 0 Å². The molecule has 0 saturated heterocycles. The van der Waals surface area contributed by atoms with Gasteiger partial charge in [-0.05, 0) is 61.4 Å². The predicted octanol–water partition coefficient (Wildman–Crippen LogP) is 5.25. The molecule has 140 valence electrons. The summed E-state index contributed by atoms with van der Waals surface area (Å²) in [5.41, 5.74) is 4.64. The largest absolute Gasteiger partial charge is 0.481 e. The zero-order chi connectivity index (χ0) is 19.5. The summed E-state index contributed by atoms with van der Waals surface area (Å²) < 4.78 is 5.88. The molecule has 3 nitrogen and oxygen atoms in total. The third kappa shape index (κ3) is 5.10. The second-order valence-corrected chi connectivity index (χ2v) is 8.13. The van der Waals surface area contributed by atoms with Gasteiger partial charge in [0.2, 0.25) is 0 Å². The highest BCUT2D eigenvalue weighted by molar-refractivity contribution is 5.81. The van der Waals surface area contributed by atoms with E-state index in [1.807, 2.05) is 39.0 Å². The molecule has 0 spiro atoms. The molecule has 0 unspecified atom stereocenters. The molecule has 1 amide bonds. The van der Waals surface area contributed by atoms with Gasteiger partial charge in [0, 0.05) is 0 Å². The van der Waals surface area contributed by atoms with Gasteiger partial charge < -0.3 is 10.1 Å². The van der Waals surface area contributed by atoms with Crippen LogP contribution in [0.25, 0.3) is 0 Å². The first-order valence-corrected chi connectivity index (χ1v) is 9.22. The summed E-state index contributed by atoms with van der Waals surface area (Å²) in [5.74, 6) is 0.646. The topological polar surface area (TPSA) is 38.3 Å². The van der Waals surface area contributed by atoms with Gasteiger partial charge in [0.05, 0.1) is 6.04 Å². The minimum Gasteiger partial charge on any atom is -0.481 e. The minimum atomic E-state index is -0.549. The van der Waals surface area contributed by atoms with Crippen molar-refractivity contribution < 1.29 is 9.53 Å². The van der Waals surface area contributed by atoms with Gasteiger partial charge in [-0.3, -0.25) is 4.79 Å². The lowest BCUT2D eigenvalue weighted by atomic mass is 9.86. The molecule has 0 saturated carbocycles. The van der Waals surface area contributed by atoms with Crippen molar-refractivity contribution in [2.24, 2.45) is 0 Å². The maximum atomic E-state index is 12.5. The maximum absolute atomic E-state index is 12.5. The molecule has 0 aliphatic rings. The molecule has 26 heavy (non-hydrogen) atoms. The van der Waals surface area contributed by atoms with E-state index >= 15 is 0 Å². The van der Waals surface area contributed by atoms with Crippen LogP contribution in [0.4, 0.5) is 0 Å². The molecular formula is C23H31NO2. The standard InChI is InChI=1S/C23H31NO2/c1-15-8-9-16(2)21(14-15)26-18(4)22(25)24-17(3)19-10-12-20(13-11-19)23(5,6)7/h8-14,17-18H,1-7H3,(H,24,25)/t17-,18+/m0/s1. The highest BCUT2D eigenvalue weighted by Gasteiger charge is 2.19. The fourth-order valence-electron chi connectivity index (χ4n) is 2.76. The maximum Gasteiger partial charge on any atom is 0.261 e. The Morgan fingerprint density at radius 2 is 1.62 bits per heavy atom. The Morgan fingerprint density at radius 1 is 1.00 bits per heavy atom. The van der Waals surface area contributed by atoms with Crippen LogP contribution >= 0.6 is 0 Å². The summed E-state index contributed by atoms with van der Waals surface area (Å²) in [6.07, 6.45) is -0.549. The van der Waals surface area contributed by atoms with Gasteiger partial charge >= 0.3 is 0 Å². The van der Waals surface area contributed by atoms with Gasteiger partial charge in [0.25, 0.3) is 5.91 Å². The average Bonchev–Trinajstić information content (AvgIpc) is 2.57. The van der Waals surface area contributed by atoms with Crippen LogP contribution in [-0.2, 0) is 10.2 Å². The van der Waals surface area contributed by atoms with Crippen LogP contribution in [-0.4, -0.2) is 12.0 Å². The summed E-state index contributed by atoms with van der Waals surface area (Å²) >= 11 is 0. The number of ether oxygens (including phenoxy) is 1. The molecule has 3 heteroatoms. The molecule has 0 radical (unpaired) electrons. The van der Waals surface area contributed by atoms with Gasteiger partial charge in [0.15, 0.2) is 6.10 Å². The smallest absolute Gasteiger partial charge is 0.261 e. The van der Waals surface area contributed by atoms with E-state index in [1.54, 1.807) is 6.92 Å². The first kappa shape index (κ1) is 20.0. The minimum absolute atomic E-state index is 0.0684. The second-order valence-electron chi connectivity index (χ2n) is 8.13. The number of hydrogen-bond donors (Lipinski definition) is 1. The monoisotopic (exact) mass is 353 g/mol. The number of aryl methyl sites for hydroxylation is 2. The fourth-order valence-corrected chi connectivity index (χ4v) is 2.76. The second kappa shape index (κ2) is 7.94. The molecule has 0 aromatic heterocycles. The van der Waals surface area contributed by atoms with E-state index < -0.39 is 6.10 Å². The Hall–Kier alpha value is -2.29. The van der Waals surface area contributed by atoms with Gasteiger partial charge in [-0.15, -0.1) is 0 Å². The van der Waals surface area contributed by atoms with E-state index in [4.69, 9.17) is 4.74 Å².